The largest absolute Gasteiger partial charge is 0.388 e. The van der Waals surface area contributed by atoms with Crippen molar-refractivity contribution in [2.45, 2.75) is 19.4 Å². The number of halogens is 2. The van der Waals surface area contributed by atoms with E-state index >= 15 is 0 Å². The lowest BCUT2D eigenvalue weighted by atomic mass is 10.00. The summed E-state index contributed by atoms with van der Waals surface area (Å²) in [5.41, 5.74) is 2.72. The minimum atomic E-state index is -0.615. The van der Waals surface area contributed by atoms with Crippen LogP contribution in [0.2, 0.25) is 10.0 Å². The molecule has 2 aromatic carbocycles. The van der Waals surface area contributed by atoms with Crippen LogP contribution in [-0.2, 0) is 6.42 Å². The van der Waals surface area contributed by atoms with E-state index in [4.69, 9.17) is 23.2 Å². The van der Waals surface area contributed by atoms with Crippen molar-refractivity contribution < 1.29 is 5.11 Å². The zero-order chi connectivity index (χ0) is 13.1. The molecule has 0 aromatic heterocycles. The molecule has 0 bridgehead atoms. The Kier molecular flexibility index (Phi) is 4.28. The maximum atomic E-state index is 10.2. The molecule has 1 atom stereocenters. The van der Waals surface area contributed by atoms with E-state index in [0.29, 0.717) is 16.5 Å². The average Bonchev–Trinajstić information content (AvgIpc) is 2.35. The molecule has 2 rings (SSSR count). The standard InChI is InChI=1S/C15H14Cl2O/c1-10-7-12(14(17)9-13(10)16)15(18)8-11-5-3-2-4-6-11/h2-7,9,15,18H,8H2,1H3. The monoisotopic (exact) mass is 280 g/mol. The number of benzene rings is 2. The van der Waals surface area contributed by atoms with Crippen molar-refractivity contribution in [3.8, 4) is 0 Å². The zero-order valence-corrected chi connectivity index (χ0v) is 11.5. The molecule has 0 spiro atoms. The molecule has 3 heteroatoms. The Morgan fingerprint density at radius 3 is 2.39 bits per heavy atom. The highest BCUT2D eigenvalue weighted by Gasteiger charge is 2.14. The molecule has 0 aliphatic rings. The molecule has 0 aliphatic carbocycles. The average molecular weight is 281 g/mol. The molecule has 1 nitrogen and oxygen atoms in total. The number of rotatable bonds is 3. The molecule has 0 amide bonds. The van der Waals surface area contributed by atoms with Crippen LogP contribution in [0.1, 0.15) is 22.8 Å². The van der Waals surface area contributed by atoms with Gasteiger partial charge < -0.3 is 5.11 Å². The van der Waals surface area contributed by atoms with Crippen molar-refractivity contribution in [2.24, 2.45) is 0 Å². The van der Waals surface area contributed by atoms with Crippen molar-refractivity contribution in [3.05, 3.63) is 69.2 Å². The van der Waals surface area contributed by atoms with Gasteiger partial charge in [0.05, 0.1) is 6.10 Å². The van der Waals surface area contributed by atoms with Gasteiger partial charge in [0.25, 0.3) is 0 Å². The molecule has 0 saturated heterocycles. The van der Waals surface area contributed by atoms with Gasteiger partial charge in [-0.1, -0.05) is 59.6 Å². The van der Waals surface area contributed by atoms with E-state index in [1.165, 1.54) is 0 Å². The van der Waals surface area contributed by atoms with E-state index < -0.39 is 6.10 Å². The molecule has 1 N–H and O–H groups in total. The Balaban J connectivity index is 2.24. The molecule has 0 radical (unpaired) electrons. The summed E-state index contributed by atoms with van der Waals surface area (Å²) in [6, 6.07) is 13.4. The van der Waals surface area contributed by atoms with Crippen LogP contribution in [-0.4, -0.2) is 5.11 Å². The van der Waals surface area contributed by atoms with Gasteiger partial charge in [0.15, 0.2) is 0 Å². The highest BCUT2D eigenvalue weighted by Crippen LogP contribution is 2.30. The Labute approximate surface area is 117 Å². The zero-order valence-electron chi connectivity index (χ0n) is 10.0. The number of hydrogen-bond donors (Lipinski definition) is 1. The van der Waals surface area contributed by atoms with Gasteiger partial charge in [-0.15, -0.1) is 0 Å². The second-order valence-electron chi connectivity index (χ2n) is 4.33. The summed E-state index contributed by atoms with van der Waals surface area (Å²) >= 11 is 12.1. The first-order chi connectivity index (χ1) is 8.58. The van der Waals surface area contributed by atoms with Crippen LogP contribution in [0.15, 0.2) is 42.5 Å². The van der Waals surface area contributed by atoms with E-state index in [1.807, 2.05) is 43.3 Å². The molecular formula is C15H14Cl2O. The number of aryl methyl sites for hydroxylation is 1. The van der Waals surface area contributed by atoms with Crippen LogP contribution in [0.3, 0.4) is 0 Å². The summed E-state index contributed by atoms with van der Waals surface area (Å²) in [6.07, 6.45) is -0.0717. The van der Waals surface area contributed by atoms with E-state index in [-0.39, 0.29) is 0 Å². The fourth-order valence-corrected chi connectivity index (χ4v) is 2.39. The van der Waals surface area contributed by atoms with E-state index in [1.54, 1.807) is 6.07 Å². The van der Waals surface area contributed by atoms with Gasteiger partial charge in [-0.2, -0.15) is 0 Å². The quantitative estimate of drug-likeness (QED) is 0.873. The summed E-state index contributed by atoms with van der Waals surface area (Å²) < 4.78 is 0. The van der Waals surface area contributed by atoms with Gasteiger partial charge in [0.2, 0.25) is 0 Å². The highest BCUT2D eigenvalue weighted by atomic mass is 35.5. The summed E-state index contributed by atoms with van der Waals surface area (Å²) in [5.74, 6) is 0. The third kappa shape index (κ3) is 3.05. The Morgan fingerprint density at radius 2 is 1.72 bits per heavy atom. The van der Waals surface area contributed by atoms with Gasteiger partial charge in [0, 0.05) is 16.5 Å². The van der Waals surface area contributed by atoms with Gasteiger partial charge in [-0.3, -0.25) is 0 Å². The molecule has 0 fully saturated rings. The lowest BCUT2D eigenvalue weighted by molar-refractivity contribution is 0.178. The van der Waals surface area contributed by atoms with Gasteiger partial charge >= 0.3 is 0 Å². The smallest absolute Gasteiger partial charge is 0.0844 e. The van der Waals surface area contributed by atoms with Crippen LogP contribution in [0, 0.1) is 6.92 Å². The maximum absolute atomic E-state index is 10.2. The van der Waals surface area contributed by atoms with Crippen LogP contribution in [0.4, 0.5) is 0 Å². The van der Waals surface area contributed by atoms with Gasteiger partial charge in [0.1, 0.15) is 0 Å². The molecule has 18 heavy (non-hydrogen) atoms. The Morgan fingerprint density at radius 1 is 1.06 bits per heavy atom. The minimum Gasteiger partial charge on any atom is -0.388 e. The summed E-state index contributed by atoms with van der Waals surface area (Å²) in [7, 11) is 0. The lowest BCUT2D eigenvalue weighted by Crippen LogP contribution is -2.03. The van der Waals surface area contributed by atoms with Crippen LogP contribution >= 0.6 is 23.2 Å². The predicted molar refractivity (Wildman–Crippen MR) is 76.3 cm³/mol. The Hall–Kier alpha value is -1.02. The first-order valence-electron chi connectivity index (χ1n) is 5.75. The first kappa shape index (κ1) is 13.4. The second-order valence-corrected chi connectivity index (χ2v) is 5.14. The van der Waals surface area contributed by atoms with Crippen molar-refractivity contribution >= 4 is 23.2 Å². The minimum absolute atomic E-state index is 0.508. The van der Waals surface area contributed by atoms with E-state index in [9.17, 15) is 5.11 Å². The third-order valence-electron chi connectivity index (χ3n) is 2.91. The fraction of sp³-hybridized carbons (Fsp3) is 0.200. The van der Waals surface area contributed by atoms with Gasteiger partial charge in [-0.25, -0.2) is 0 Å². The number of aliphatic hydroxyl groups excluding tert-OH is 1. The lowest BCUT2D eigenvalue weighted by Gasteiger charge is -2.14. The van der Waals surface area contributed by atoms with Crippen LogP contribution in [0.25, 0.3) is 0 Å². The van der Waals surface area contributed by atoms with E-state index in [0.717, 1.165) is 16.7 Å². The van der Waals surface area contributed by atoms with Crippen molar-refractivity contribution in [2.75, 3.05) is 0 Å². The normalized spacial score (nSPS) is 12.4. The molecule has 2 aromatic rings. The van der Waals surface area contributed by atoms with Crippen LogP contribution in [0.5, 0.6) is 0 Å². The van der Waals surface area contributed by atoms with Crippen molar-refractivity contribution in [1.82, 2.24) is 0 Å². The number of aliphatic hydroxyl groups is 1. The summed E-state index contributed by atoms with van der Waals surface area (Å²) in [6.45, 7) is 1.90. The molecule has 0 heterocycles. The Bertz CT molecular complexity index is 538. The molecule has 94 valence electrons. The third-order valence-corrected chi connectivity index (χ3v) is 3.64. The summed E-state index contributed by atoms with van der Waals surface area (Å²) in [5, 5.41) is 11.4. The van der Waals surface area contributed by atoms with Gasteiger partial charge in [-0.05, 0) is 29.7 Å². The van der Waals surface area contributed by atoms with E-state index in [2.05, 4.69) is 0 Å². The number of hydrogen-bond acceptors (Lipinski definition) is 1. The predicted octanol–water partition coefficient (Wildman–Crippen LogP) is 4.58. The van der Waals surface area contributed by atoms with Crippen LogP contribution < -0.4 is 0 Å². The maximum Gasteiger partial charge on any atom is 0.0844 e. The van der Waals surface area contributed by atoms with Crippen molar-refractivity contribution in [3.63, 3.8) is 0 Å². The highest BCUT2D eigenvalue weighted by molar-refractivity contribution is 6.35. The molecule has 0 aliphatic heterocycles. The second kappa shape index (κ2) is 5.75. The van der Waals surface area contributed by atoms with Crippen molar-refractivity contribution in [1.29, 1.82) is 0 Å². The SMILES string of the molecule is Cc1cc(C(O)Cc2ccccc2)c(Cl)cc1Cl. The topological polar surface area (TPSA) is 20.2 Å². The first-order valence-corrected chi connectivity index (χ1v) is 6.51. The molecular weight excluding hydrogens is 267 g/mol. The summed E-state index contributed by atoms with van der Waals surface area (Å²) in [4.78, 5) is 0. The molecule has 1 unspecified atom stereocenters. The molecule has 0 saturated carbocycles. The fourth-order valence-electron chi connectivity index (χ4n) is 1.88.